The van der Waals surface area contributed by atoms with E-state index >= 15 is 0 Å². The standard InChI is InChI=1S/C19H36O4.C19H34O4.C15H14O4/c2*1-3-4-5-6-7-8-9-10-11-12-13-14-18(21)15-19(22)16-23-17(2)20;1-8-3-4-10-12(18-7-8)6-13-14(15(10)17)11(16)5-9(2)19-13/h3,18-19,21-22H,1,4-16H2,2H3;1,18-19,21-22H,4-16H2,2H3;3,5-6,17H,4,7H2,1-2H3. The van der Waals surface area contributed by atoms with Crippen LogP contribution in [0.1, 0.15) is 186 Å². The van der Waals surface area contributed by atoms with Crippen molar-refractivity contribution in [3.05, 3.63) is 58.0 Å². The lowest BCUT2D eigenvalue weighted by Gasteiger charge is -2.15. The van der Waals surface area contributed by atoms with E-state index in [1.807, 2.05) is 19.1 Å². The molecule has 1 aliphatic heterocycles. The third kappa shape index (κ3) is 29.9. The molecule has 0 fully saturated rings. The van der Waals surface area contributed by atoms with Gasteiger partial charge in [-0.25, -0.2) is 0 Å². The summed E-state index contributed by atoms with van der Waals surface area (Å²) < 4.78 is 20.6. The van der Waals surface area contributed by atoms with Crippen LogP contribution in [-0.4, -0.2) is 81.7 Å². The Morgan fingerprint density at radius 1 is 0.738 bits per heavy atom. The molecule has 0 amide bonds. The molecule has 0 radical (unpaired) electrons. The molecular formula is C53H84O12. The van der Waals surface area contributed by atoms with Crippen molar-refractivity contribution < 1.29 is 53.7 Å². The number of carbonyl (C=O) groups is 2. The Balaban J connectivity index is 0.000000489. The molecule has 2 aromatic rings. The molecule has 0 bridgehead atoms. The van der Waals surface area contributed by atoms with Crippen LogP contribution in [0.4, 0.5) is 0 Å². The van der Waals surface area contributed by atoms with Gasteiger partial charge < -0.3 is 44.2 Å². The molecule has 0 aliphatic carbocycles. The molecule has 2 heterocycles. The van der Waals surface area contributed by atoms with Crippen LogP contribution in [0.3, 0.4) is 0 Å². The lowest BCUT2D eigenvalue weighted by molar-refractivity contribution is -0.145. The van der Waals surface area contributed by atoms with Gasteiger partial charge in [0.1, 0.15) is 48.0 Å². The minimum absolute atomic E-state index is 0.0286. The van der Waals surface area contributed by atoms with E-state index in [1.54, 1.807) is 13.0 Å². The van der Waals surface area contributed by atoms with Gasteiger partial charge in [0, 0.05) is 50.8 Å². The number of unbranched alkanes of at least 4 members (excludes halogenated alkanes) is 18. The summed E-state index contributed by atoms with van der Waals surface area (Å²) in [6.45, 7) is 10.4. The van der Waals surface area contributed by atoms with E-state index in [4.69, 9.17) is 25.1 Å². The molecule has 0 spiro atoms. The summed E-state index contributed by atoms with van der Waals surface area (Å²) >= 11 is 0. The van der Waals surface area contributed by atoms with E-state index in [0.717, 1.165) is 50.5 Å². The summed E-state index contributed by atoms with van der Waals surface area (Å²) in [5.74, 6) is 2.91. The van der Waals surface area contributed by atoms with E-state index in [2.05, 4.69) is 12.5 Å². The van der Waals surface area contributed by atoms with Crippen molar-refractivity contribution in [1.29, 1.82) is 0 Å². The largest absolute Gasteiger partial charge is 0.507 e. The van der Waals surface area contributed by atoms with Crippen LogP contribution in [0.15, 0.2) is 45.6 Å². The predicted molar refractivity (Wildman–Crippen MR) is 259 cm³/mol. The first-order valence-electron chi connectivity index (χ1n) is 24.3. The number of esters is 2. The molecule has 12 nitrogen and oxygen atoms in total. The molecule has 12 heteroatoms. The Morgan fingerprint density at radius 2 is 1.20 bits per heavy atom. The third-order valence-electron chi connectivity index (χ3n) is 11.1. The van der Waals surface area contributed by atoms with Gasteiger partial charge >= 0.3 is 11.9 Å². The zero-order valence-electron chi connectivity index (χ0n) is 40.3. The van der Waals surface area contributed by atoms with Crippen molar-refractivity contribution >= 4 is 22.9 Å². The summed E-state index contributed by atoms with van der Waals surface area (Å²) in [5.41, 5.74) is 1.86. The highest BCUT2D eigenvalue weighted by Crippen LogP contribution is 2.37. The Hall–Kier alpha value is -4.15. The number of rotatable bonds is 31. The number of phenolic OH excluding ortho intramolecular Hbond substituents is 1. The number of hydrogen-bond acceptors (Lipinski definition) is 12. The SMILES string of the molecule is C#CCCCCCCCCCCCC(O)CC(O)COC(C)=O.C=CCCCCCCCCCCCC(O)CC(O)COC(C)=O.CC1=CCc2c(cc3oc(C)cc(=O)c3c2O)OC1. The van der Waals surface area contributed by atoms with Gasteiger partial charge in [0.05, 0.1) is 24.4 Å². The monoisotopic (exact) mass is 913 g/mol. The second-order valence-corrected chi connectivity index (χ2v) is 17.5. The third-order valence-corrected chi connectivity index (χ3v) is 11.1. The van der Waals surface area contributed by atoms with E-state index in [1.165, 1.54) is 103 Å². The fourth-order valence-corrected chi connectivity index (χ4v) is 7.47. The smallest absolute Gasteiger partial charge is 0.302 e. The summed E-state index contributed by atoms with van der Waals surface area (Å²) in [5, 5.41) is 49.4. The first-order chi connectivity index (χ1) is 31.2. The normalized spacial score (nSPS) is 13.7. The highest BCUT2D eigenvalue weighted by Gasteiger charge is 2.19. The van der Waals surface area contributed by atoms with Crippen LogP contribution in [0.5, 0.6) is 11.5 Å². The first-order valence-corrected chi connectivity index (χ1v) is 24.3. The molecule has 0 saturated carbocycles. The van der Waals surface area contributed by atoms with Crippen LogP contribution in [-0.2, 0) is 25.5 Å². The zero-order valence-corrected chi connectivity index (χ0v) is 40.3. The lowest BCUT2D eigenvalue weighted by atomic mass is 10.0. The number of phenols is 1. The Morgan fingerprint density at radius 3 is 1.66 bits per heavy atom. The molecule has 65 heavy (non-hydrogen) atoms. The summed E-state index contributed by atoms with van der Waals surface area (Å²) in [7, 11) is 0. The van der Waals surface area contributed by atoms with E-state index in [0.29, 0.717) is 48.5 Å². The van der Waals surface area contributed by atoms with E-state index < -0.39 is 36.4 Å². The van der Waals surface area contributed by atoms with E-state index in [9.17, 15) is 39.9 Å². The van der Waals surface area contributed by atoms with Crippen LogP contribution in [0.25, 0.3) is 11.0 Å². The predicted octanol–water partition coefficient (Wildman–Crippen LogP) is 10.4. The second-order valence-electron chi connectivity index (χ2n) is 17.5. The molecule has 4 atom stereocenters. The molecule has 1 aliphatic rings. The Kier molecular flexibility index (Phi) is 33.5. The molecule has 368 valence electrons. The first kappa shape index (κ1) is 58.9. The average Bonchev–Trinajstić information content (AvgIpc) is 3.44. The van der Waals surface area contributed by atoms with Gasteiger partial charge in [-0.1, -0.05) is 115 Å². The molecule has 5 N–H and O–H groups in total. The number of aryl methyl sites for hydroxylation is 1. The van der Waals surface area contributed by atoms with Gasteiger partial charge in [-0.15, -0.1) is 18.9 Å². The Labute approximate surface area is 389 Å². The number of benzene rings is 1. The molecule has 1 aromatic heterocycles. The van der Waals surface area contributed by atoms with Gasteiger partial charge in [0.15, 0.2) is 5.43 Å². The fraction of sp³-hybridized carbons (Fsp3) is 0.679. The topological polar surface area (TPSA) is 193 Å². The number of aliphatic hydroxyl groups is 4. The van der Waals surface area contributed by atoms with Gasteiger partial charge in [-0.2, -0.15) is 0 Å². The quantitative estimate of drug-likeness (QED) is 0.0208. The molecular weight excluding hydrogens is 829 g/mol. The maximum atomic E-state index is 12.0. The number of hydrogen-bond donors (Lipinski definition) is 5. The van der Waals surface area contributed by atoms with Gasteiger partial charge in [-0.3, -0.25) is 14.4 Å². The lowest BCUT2D eigenvalue weighted by Crippen LogP contribution is -2.23. The maximum absolute atomic E-state index is 12.0. The number of carbonyl (C=O) groups excluding carboxylic acids is 2. The van der Waals surface area contributed by atoms with Crippen molar-refractivity contribution in [3.63, 3.8) is 0 Å². The van der Waals surface area contributed by atoms with Crippen molar-refractivity contribution in [1.82, 2.24) is 0 Å². The second kappa shape index (κ2) is 37.0. The van der Waals surface area contributed by atoms with Crippen LogP contribution >= 0.6 is 0 Å². The Bertz CT molecular complexity index is 1740. The highest BCUT2D eigenvalue weighted by atomic mass is 16.5. The highest BCUT2D eigenvalue weighted by molar-refractivity contribution is 5.87. The zero-order chi connectivity index (χ0) is 48.2. The van der Waals surface area contributed by atoms with Crippen molar-refractivity contribution in [2.24, 2.45) is 0 Å². The molecule has 1 aromatic carbocycles. The number of aliphatic hydroxyl groups excluding tert-OH is 4. The number of aromatic hydroxyl groups is 1. The van der Waals surface area contributed by atoms with Crippen molar-refractivity contribution in [2.45, 2.75) is 213 Å². The minimum atomic E-state index is -0.775. The van der Waals surface area contributed by atoms with Crippen molar-refractivity contribution in [2.75, 3.05) is 19.8 Å². The summed E-state index contributed by atoms with van der Waals surface area (Å²) in [6, 6.07) is 3.07. The summed E-state index contributed by atoms with van der Waals surface area (Å²) in [6.07, 6.45) is 33.1. The molecule has 0 saturated heterocycles. The number of allylic oxidation sites excluding steroid dienone is 2. The average molecular weight is 913 g/mol. The van der Waals surface area contributed by atoms with Gasteiger partial charge in [0.25, 0.3) is 0 Å². The number of fused-ring (bicyclic) bond motifs is 2. The summed E-state index contributed by atoms with van der Waals surface area (Å²) in [4.78, 5) is 33.2. The van der Waals surface area contributed by atoms with Gasteiger partial charge in [0.2, 0.25) is 0 Å². The molecule has 3 rings (SSSR count). The maximum Gasteiger partial charge on any atom is 0.302 e. The van der Waals surface area contributed by atoms with Crippen LogP contribution in [0, 0.1) is 19.3 Å². The fourth-order valence-electron chi connectivity index (χ4n) is 7.47. The molecule has 4 unspecified atom stereocenters. The van der Waals surface area contributed by atoms with Crippen molar-refractivity contribution in [3.8, 4) is 23.8 Å². The minimum Gasteiger partial charge on any atom is -0.507 e. The van der Waals surface area contributed by atoms with Crippen LogP contribution < -0.4 is 10.2 Å². The van der Waals surface area contributed by atoms with Gasteiger partial charge in [-0.05, 0) is 57.9 Å². The van der Waals surface area contributed by atoms with Crippen LogP contribution in [0.2, 0.25) is 0 Å². The van der Waals surface area contributed by atoms with E-state index in [-0.39, 0.29) is 42.6 Å². The number of terminal acetylenes is 1. The number of ether oxygens (including phenoxy) is 3.